The molecule has 0 saturated heterocycles. The maximum absolute atomic E-state index is 12.5. The molecule has 5 amide bonds. The number of aliphatic carboxylic acids is 1. The summed E-state index contributed by atoms with van der Waals surface area (Å²) in [7, 11) is 0. The summed E-state index contributed by atoms with van der Waals surface area (Å²) in [6, 6.07) is -3.29. The van der Waals surface area contributed by atoms with E-state index in [4.69, 9.17) is 22.3 Å². The lowest BCUT2D eigenvalue weighted by Crippen LogP contribution is -2.54. The van der Waals surface area contributed by atoms with Crippen LogP contribution in [0.4, 0.5) is 0 Å². The van der Waals surface area contributed by atoms with Crippen LogP contribution in [0.3, 0.4) is 0 Å². The molecule has 0 fully saturated rings. The highest BCUT2D eigenvalue weighted by Gasteiger charge is 2.25. The van der Waals surface area contributed by atoms with Gasteiger partial charge in [-0.25, -0.2) is 0 Å². The predicted octanol–water partition coefficient (Wildman–Crippen LogP) is -3.21. The van der Waals surface area contributed by atoms with E-state index < -0.39 is 60.7 Å². The van der Waals surface area contributed by atoms with E-state index in [9.17, 15) is 28.8 Å². The molecule has 0 aliphatic carbocycles. The molecule has 3 atom stereocenters. The highest BCUT2D eigenvalue weighted by molar-refractivity contribution is 5.93. The first-order chi connectivity index (χ1) is 16.0. The smallest absolute Gasteiger partial charge is 0.305 e. The van der Waals surface area contributed by atoms with Crippen molar-refractivity contribution < 1.29 is 33.9 Å². The van der Waals surface area contributed by atoms with E-state index >= 15 is 0 Å². The maximum atomic E-state index is 12.5. The Balaban J connectivity index is 4.67. The SMILES string of the molecule is CCC(=O)NCCCC[C@H](N)C(=O)N[C@@H](CCCN)C(=O)NCC(=O)N[C@@H](CC(=O)O)C(N)=O. The van der Waals surface area contributed by atoms with Crippen LogP contribution in [0.15, 0.2) is 0 Å². The summed E-state index contributed by atoms with van der Waals surface area (Å²) in [5.74, 6) is -4.46. The van der Waals surface area contributed by atoms with Crippen molar-refractivity contribution in [2.45, 2.75) is 70.0 Å². The van der Waals surface area contributed by atoms with Crippen molar-refractivity contribution in [3.05, 3.63) is 0 Å². The van der Waals surface area contributed by atoms with E-state index in [0.717, 1.165) is 0 Å². The topological polar surface area (TPSA) is 249 Å². The summed E-state index contributed by atoms with van der Waals surface area (Å²) in [6.45, 7) is 1.93. The van der Waals surface area contributed by atoms with Gasteiger partial charge < -0.3 is 43.6 Å². The number of nitrogens with two attached hydrogens (primary N) is 3. The van der Waals surface area contributed by atoms with E-state index in [1.54, 1.807) is 6.92 Å². The third-order valence-corrected chi connectivity index (χ3v) is 4.73. The Labute approximate surface area is 198 Å². The highest BCUT2D eigenvalue weighted by atomic mass is 16.4. The summed E-state index contributed by atoms with van der Waals surface area (Å²) >= 11 is 0. The Morgan fingerprint density at radius 2 is 1.53 bits per heavy atom. The van der Waals surface area contributed by atoms with Crippen molar-refractivity contribution in [3.8, 4) is 0 Å². The molecule has 0 aromatic rings. The number of unbranched alkanes of at least 4 members (excludes halogenated alkanes) is 1. The number of primary amides is 1. The number of nitrogens with one attached hydrogen (secondary N) is 4. The fraction of sp³-hybridized carbons (Fsp3) is 0.700. The summed E-state index contributed by atoms with van der Waals surface area (Å²) < 4.78 is 0. The monoisotopic (exact) mass is 487 g/mol. The molecule has 34 heavy (non-hydrogen) atoms. The Morgan fingerprint density at radius 3 is 2.09 bits per heavy atom. The van der Waals surface area contributed by atoms with Crippen LogP contribution < -0.4 is 38.5 Å². The zero-order valence-corrected chi connectivity index (χ0v) is 19.4. The minimum atomic E-state index is -1.43. The van der Waals surface area contributed by atoms with Gasteiger partial charge in [-0.2, -0.15) is 0 Å². The van der Waals surface area contributed by atoms with E-state index in [0.29, 0.717) is 38.6 Å². The van der Waals surface area contributed by atoms with Crippen molar-refractivity contribution in [1.82, 2.24) is 21.3 Å². The summed E-state index contributed by atoms with van der Waals surface area (Å²) in [4.78, 5) is 70.0. The molecule has 0 spiro atoms. The van der Waals surface area contributed by atoms with Gasteiger partial charge in [0.2, 0.25) is 29.5 Å². The number of carboxylic acids is 1. The Kier molecular flexibility index (Phi) is 15.6. The third-order valence-electron chi connectivity index (χ3n) is 4.73. The highest BCUT2D eigenvalue weighted by Crippen LogP contribution is 2.02. The van der Waals surface area contributed by atoms with Gasteiger partial charge in [0.1, 0.15) is 12.1 Å². The quantitative estimate of drug-likeness (QED) is 0.0905. The molecule has 0 rings (SSSR count). The van der Waals surface area contributed by atoms with Gasteiger partial charge in [-0.15, -0.1) is 0 Å². The Bertz CT molecular complexity index is 717. The van der Waals surface area contributed by atoms with Crippen LogP contribution >= 0.6 is 0 Å². The van der Waals surface area contributed by atoms with Crippen molar-refractivity contribution in [2.24, 2.45) is 17.2 Å². The molecular weight excluding hydrogens is 450 g/mol. The zero-order valence-electron chi connectivity index (χ0n) is 19.4. The summed E-state index contributed by atoms with van der Waals surface area (Å²) in [6.07, 6.45) is 1.90. The maximum Gasteiger partial charge on any atom is 0.305 e. The van der Waals surface area contributed by atoms with E-state index in [2.05, 4.69) is 21.3 Å². The van der Waals surface area contributed by atoms with Crippen LogP contribution in [0, 0.1) is 0 Å². The number of amides is 5. The van der Waals surface area contributed by atoms with Gasteiger partial charge in [0.25, 0.3) is 0 Å². The third kappa shape index (κ3) is 14.0. The lowest BCUT2D eigenvalue weighted by Gasteiger charge is -2.21. The fourth-order valence-electron chi connectivity index (χ4n) is 2.78. The normalized spacial score (nSPS) is 13.1. The lowest BCUT2D eigenvalue weighted by atomic mass is 10.1. The molecule has 0 bridgehead atoms. The first-order valence-corrected chi connectivity index (χ1v) is 11.1. The van der Waals surface area contributed by atoms with Gasteiger partial charge >= 0.3 is 5.97 Å². The molecule has 0 unspecified atom stereocenters. The average Bonchev–Trinajstić information content (AvgIpc) is 2.78. The van der Waals surface area contributed by atoms with Gasteiger partial charge in [0, 0.05) is 13.0 Å². The molecule has 14 nitrogen and oxygen atoms in total. The van der Waals surface area contributed by atoms with Crippen molar-refractivity contribution >= 4 is 35.5 Å². The van der Waals surface area contributed by atoms with Gasteiger partial charge in [-0.05, 0) is 38.6 Å². The average molecular weight is 488 g/mol. The molecular formula is C20H37N7O7. The zero-order chi connectivity index (χ0) is 26.1. The first kappa shape index (κ1) is 30.7. The number of rotatable bonds is 18. The summed E-state index contributed by atoms with van der Waals surface area (Å²) in [5, 5.41) is 18.5. The van der Waals surface area contributed by atoms with E-state index in [1.807, 2.05) is 0 Å². The molecule has 194 valence electrons. The Morgan fingerprint density at radius 1 is 0.853 bits per heavy atom. The molecule has 0 radical (unpaired) electrons. The number of carbonyl (C=O) groups is 6. The second-order valence-corrected chi connectivity index (χ2v) is 7.64. The van der Waals surface area contributed by atoms with Crippen LogP contribution in [-0.4, -0.2) is 78.4 Å². The Hall–Kier alpha value is -3.26. The van der Waals surface area contributed by atoms with Gasteiger partial charge in [0.15, 0.2) is 0 Å². The van der Waals surface area contributed by atoms with Gasteiger partial charge in [-0.1, -0.05) is 6.92 Å². The van der Waals surface area contributed by atoms with Crippen LogP contribution in [0.1, 0.15) is 51.9 Å². The van der Waals surface area contributed by atoms with Gasteiger partial charge in [-0.3, -0.25) is 28.8 Å². The minimum absolute atomic E-state index is 0.0588. The largest absolute Gasteiger partial charge is 0.481 e. The van der Waals surface area contributed by atoms with Crippen molar-refractivity contribution in [2.75, 3.05) is 19.6 Å². The first-order valence-electron chi connectivity index (χ1n) is 11.1. The van der Waals surface area contributed by atoms with E-state index in [-0.39, 0.29) is 18.9 Å². The van der Waals surface area contributed by atoms with Crippen molar-refractivity contribution in [1.29, 1.82) is 0 Å². The standard InChI is InChI=1S/C20H37N7O7/c1-2-15(28)24-9-4-3-6-12(22)19(33)27-13(7-5-8-21)20(34)25-11-16(29)26-14(18(23)32)10-17(30)31/h12-14H,2-11,21-22H2,1H3,(H2,23,32)(H,24,28)(H,25,34)(H,26,29)(H,27,33)(H,30,31)/t12-,13-,14-/m0/s1. The fourth-order valence-corrected chi connectivity index (χ4v) is 2.78. The van der Waals surface area contributed by atoms with Gasteiger partial charge in [0.05, 0.1) is 19.0 Å². The molecule has 14 heteroatoms. The predicted molar refractivity (Wildman–Crippen MR) is 122 cm³/mol. The summed E-state index contributed by atoms with van der Waals surface area (Å²) in [5.41, 5.74) is 16.4. The van der Waals surface area contributed by atoms with Crippen LogP contribution in [0.5, 0.6) is 0 Å². The molecule has 0 aliphatic heterocycles. The van der Waals surface area contributed by atoms with Crippen LogP contribution in [-0.2, 0) is 28.8 Å². The molecule has 0 aromatic carbocycles. The second-order valence-electron chi connectivity index (χ2n) is 7.64. The molecule has 0 heterocycles. The molecule has 0 saturated carbocycles. The number of carbonyl (C=O) groups excluding carboxylic acids is 5. The van der Waals surface area contributed by atoms with Crippen LogP contribution in [0.2, 0.25) is 0 Å². The second kappa shape index (κ2) is 17.2. The molecule has 0 aromatic heterocycles. The number of hydrogen-bond donors (Lipinski definition) is 8. The van der Waals surface area contributed by atoms with Crippen molar-refractivity contribution in [3.63, 3.8) is 0 Å². The van der Waals surface area contributed by atoms with E-state index in [1.165, 1.54) is 0 Å². The molecule has 11 N–H and O–H groups in total. The number of carboxylic acid groups (broad SMARTS) is 1. The minimum Gasteiger partial charge on any atom is -0.481 e. The number of hydrogen-bond acceptors (Lipinski definition) is 8. The lowest BCUT2D eigenvalue weighted by molar-refractivity contribution is -0.140. The van der Waals surface area contributed by atoms with Crippen LogP contribution in [0.25, 0.3) is 0 Å². The molecule has 0 aliphatic rings.